The van der Waals surface area contributed by atoms with Crippen LogP contribution in [-0.4, -0.2) is 35.3 Å². The number of hydrogen-bond donors (Lipinski definition) is 2. The maximum atomic E-state index is 12.6. The lowest BCUT2D eigenvalue weighted by Gasteiger charge is -2.11. The van der Waals surface area contributed by atoms with Gasteiger partial charge in [0, 0.05) is 24.2 Å². The number of pyridine rings is 1. The summed E-state index contributed by atoms with van der Waals surface area (Å²) in [6.45, 7) is 0.963. The topological polar surface area (TPSA) is 71.4 Å². The van der Waals surface area contributed by atoms with E-state index in [9.17, 15) is 26.3 Å². The lowest BCUT2D eigenvalue weighted by molar-refractivity contribution is -0.154. The summed E-state index contributed by atoms with van der Waals surface area (Å²) in [6.07, 6.45) is -7.68. The van der Waals surface area contributed by atoms with E-state index in [0.717, 1.165) is 16.7 Å². The van der Waals surface area contributed by atoms with Crippen molar-refractivity contribution in [3.05, 3.63) is 40.0 Å². The average molecular weight is 441 g/mol. The van der Waals surface area contributed by atoms with Crippen molar-refractivity contribution in [3.8, 4) is 5.88 Å². The van der Waals surface area contributed by atoms with E-state index in [1.54, 1.807) is 13.0 Å². The maximum Gasteiger partial charge on any atom is 0.434 e. The van der Waals surface area contributed by atoms with Crippen molar-refractivity contribution in [2.24, 2.45) is 4.99 Å². The Bertz CT molecular complexity index is 821. The summed E-state index contributed by atoms with van der Waals surface area (Å²) in [5.41, 5.74) is -0.410. The fourth-order valence-electron chi connectivity index (χ4n) is 1.98. The van der Waals surface area contributed by atoms with Gasteiger partial charge in [0.2, 0.25) is 5.88 Å². The maximum absolute atomic E-state index is 12.6. The van der Waals surface area contributed by atoms with E-state index in [0.29, 0.717) is 18.1 Å². The van der Waals surface area contributed by atoms with Crippen LogP contribution in [0.25, 0.3) is 0 Å². The van der Waals surface area contributed by atoms with Crippen molar-refractivity contribution >= 4 is 17.3 Å². The minimum Gasteiger partial charge on any atom is -0.468 e. The number of aromatic nitrogens is 2. The third kappa shape index (κ3) is 8.13. The Morgan fingerprint density at radius 1 is 1.21 bits per heavy atom. The van der Waals surface area contributed by atoms with Crippen LogP contribution >= 0.6 is 11.3 Å². The number of aliphatic imine (C=N–C) groups is 1. The molecular formula is C16H17F6N5OS. The number of rotatable bonds is 7. The number of thiazole rings is 1. The summed E-state index contributed by atoms with van der Waals surface area (Å²) in [5.74, 6) is 0.126. The predicted octanol–water partition coefficient (Wildman–Crippen LogP) is 3.75. The normalized spacial score (nSPS) is 12.7. The number of guanidine groups is 1. The van der Waals surface area contributed by atoms with Gasteiger partial charge in [-0.1, -0.05) is 0 Å². The predicted molar refractivity (Wildman–Crippen MR) is 94.6 cm³/mol. The summed E-state index contributed by atoms with van der Waals surface area (Å²) in [4.78, 5) is 11.5. The van der Waals surface area contributed by atoms with Gasteiger partial charge in [-0.25, -0.2) is 15.0 Å². The van der Waals surface area contributed by atoms with Gasteiger partial charge >= 0.3 is 12.4 Å². The van der Waals surface area contributed by atoms with Crippen LogP contribution < -0.4 is 15.4 Å². The van der Waals surface area contributed by atoms with Crippen molar-refractivity contribution in [2.75, 3.05) is 13.2 Å². The molecule has 0 aliphatic rings. The van der Waals surface area contributed by atoms with Crippen molar-refractivity contribution in [1.82, 2.24) is 20.6 Å². The van der Waals surface area contributed by atoms with Crippen molar-refractivity contribution in [1.29, 1.82) is 0 Å². The standard InChI is InChI=1S/C16H17F6N5OS/c1-2-23-14(26-7-13-27-11(8-29-13)16(20,21)22)25-6-10-3-4-24-12(5-10)28-9-15(17,18)19/h3-5,8H,2,6-7,9H2,1H3,(H2,23,25,26). The Morgan fingerprint density at radius 3 is 2.59 bits per heavy atom. The van der Waals surface area contributed by atoms with E-state index >= 15 is 0 Å². The first kappa shape index (κ1) is 22.7. The molecule has 0 aliphatic carbocycles. The Balaban J connectivity index is 1.97. The average Bonchev–Trinajstić information content (AvgIpc) is 3.12. The van der Waals surface area contributed by atoms with Crippen molar-refractivity contribution in [2.45, 2.75) is 32.4 Å². The van der Waals surface area contributed by atoms with E-state index in [4.69, 9.17) is 0 Å². The molecule has 0 radical (unpaired) electrons. The molecule has 29 heavy (non-hydrogen) atoms. The number of nitrogens with one attached hydrogen (secondary N) is 2. The molecule has 0 spiro atoms. The molecule has 0 atom stereocenters. The van der Waals surface area contributed by atoms with Gasteiger partial charge in [0.05, 0.1) is 13.1 Å². The molecule has 0 bridgehead atoms. The van der Waals surface area contributed by atoms with Gasteiger partial charge in [0.15, 0.2) is 18.3 Å². The van der Waals surface area contributed by atoms with Crippen LogP contribution in [-0.2, 0) is 19.3 Å². The van der Waals surface area contributed by atoms with Gasteiger partial charge in [-0.15, -0.1) is 11.3 Å². The SMILES string of the molecule is CCNC(=NCc1ccnc(OCC(F)(F)F)c1)NCc1nc(C(F)(F)F)cs1. The van der Waals surface area contributed by atoms with Crippen LogP contribution in [0.2, 0.25) is 0 Å². The van der Waals surface area contributed by atoms with Crippen molar-refractivity contribution < 1.29 is 31.1 Å². The molecule has 0 amide bonds. The third-order valence-corrected chi connectivity index (χ3v) is 4.04. The van der Waals surface area contributed by atoms with Crippen molar-refractivity contribution in [3.63, 3.8) is 0 Å². The molecule has 0 saturated heterocycles. The minimum absolute atomic E-state index is 0.0306. The fourth-order valence-corrected chi connectivity index (χ4v) is 2.72. The van der Waals surface area contributed by atoms with Crippen LogP contribution in [0.5, 0.6) is 5.88 Å². The molecule has 2 rings (SSSR count). The Hall–Kier alpha value is -2.57. The molecule has 0 aromatic carbocycles. The second kappa shape index (κ2) is 9.76. The second-order valence-corrected chi connectivity index (χ2v) is 6.52. The minimum atomic E-state index is -4.50. The fraction of sp³-hybridized carbons (Fsp3) is 0.438. The Labute approximate surface area is 166 Å². The van der Waals surface area contributed by atoms with E-state index < -0.39 is 24.7 Å². The summed E-state index contributed by atoms with van der Waals surface area (Å²) in [5, 5.41) is 6.94. The molecular weight excluding hydrogens is 424 g/mol. The Morgan fingerprint density at radius 2 is 1.97 bits per heavy atom. The number of alkyl halides is 6. The van der Waals surface area contributed by atoms with Crippen LogP contribution in [0, 0.1) is 0 Å². The first-order valence-electron chi connectivity index (χ1n) is 8.25. The summed E-state index contributed by atoms with van der Waals surface area (Å²) in [7, 11) is 0. The lowest BCUT2D eigenvalue weighted by Crippen LogP contribution is -2.36. The lowest BCUT2D eigenvalue weighted by atomic mass is 10.3. The largest absolute Gasteiger partial charge is 0.468 e. The summed E-state index contributed by atoms with van der Waals surface area (Å²) >= 11 is 0.867. The molecule has 2 N–H and O–H groups in total. The first-order valence-corrected chi connectivity index (χ1v) is 9.13. The number of halogens is 6. The van der Waals surface area contributed by atoms with E-state index in [-0.39, 0.29) is 24.0 Å². The zero-order chi connectivity index (χ0) is 21.5. The van der Waals surface area contributed by atoms with Crippen LogP contribution in [0.15, 0.2) is 28.7 Å². The summed E-state index contributed by atoms with van der Waals surface area (Å²) < 4.78 is 79.0. The highest BCUT2D eigenvalue weighted by atomic mass is 32.1. The molecule has 160 valence electrons. The van der Waals surface area contributed by atoms with E-state index in [2.05, 4.69) is 30.3 Å². The van der Waals surface area contributed by atoms with Gasteiger partial charge in [0.25, 0.3) is 0 Å². The molecule has 2 aromatic rings. The second-order valence-electron chi connectivity index (χ2n) is 5.58. The summed E-state index contributed by atoms with van der Waals surface area (Å²) in [6, 6.07) is 2.89. The zero-order valence-electron chi connectivity index (χ0n) is 15.1. The van der Waals surface area contributed by atoms with Crippen LogP contribution in [0.4, 0.5) is 26.3 Å². The number of hydrogen-bond acceptors (Lipinski definition) is 5. The molecule has 0 aliphatic heterocycles. The highest BCUT2D eigenvalue weighted by Gasteiger charge is 2.33. The molecule has 13 heteroatoms. The zero-order valence-corrected chi connectivity index (χ0v) is 15.9. The molecule has 2 aromatic heterocycles. The highest BCUT2D eigenvalue weighted by Crippen LogP contribution is 2.29. The molecule has 0 fully saturated rings. The third-order valence-electron chi connectivity index (χ3n) is 3.20. The molecule has 6 nitrogen and oxygen atoms in total. The monoisotopic (exact) mass is 441 g/mol. The van der Waals surface area contributed by atoms with Gasteiger partial charge in [-0.2, -0.15) is 26.3 Å². The van der Waals surface area contributed by atoms with Crippen LogP contribution in [0.1, 0.15) is 23.2 Å². The smallest absolute Gasteiger partial charge is 0.434 e. The van der Waals surface area contributed by atoms with Gasteiger partial charge < -0.3 is 15.4 Å². The van der Waals surface area contributed by atoms with Gasteiger partial charge in [-0.3, -0.25) is 0 Å². The van der Waals surface area contributed by atoms with Gasteiger partial charge in [0.1, 0.15) is 5.01 Å². The van der Waals surface area contributed by atoms with E-state index in [1.807, 2.05) is 0 Å². The molecule has 0 saturated carbocycles. The van der Waals surface area contributed by atoms with Crippen LogP contribution in [0.3, 0.4) is 0 Å². The highest BCUT2D eigenvalue weighted by molar-refractivity contribution is 7.09. The van der Waals surface area contributed by atoms with E-state index in [1.165, 1.54) is 12.3 Å². The Kier molecular flexibility index (Phi) is 7.65. The van der Waals surface area contributed by atoms with Gasteiger partial charge in [-0.05, 0) is 18.6 Å². The number of ether oxygens (including phenoxy) is 1. The number of nitrogens with zero attached hydrogens (tertiary/aromatic N) is 3. The quantitative estimate of drug-likeness (QED) is 0.389. The first-order chi connectivity index (χ1) is 13.6. The molecule has 2 heterocycles. The molecule has 0 unspecified atom stereocenters.